The molecule has 3 heterocycles. The zero-order chi connectivity index (χ0) is 22.5. The Morgan fingerprint density at radius 1 is 0.879 bits per heavy atom. The van der Waals surface area contributed by atoms with Gasteiger partial charge in [-0.1, -0.05) is 60.3 Å². The van der Waals surface area contributed by atoms with Gasteiger partial charge in [-0.25, -0.2) is 9.97 Å². The summed E-state index contributed by atoms with van der Waals surface area (Å²) in [5.41, 5.74) is 1.89. The van der Waals surface area contributed by atoms with Gasteiger partial charge in [0, 0.05) is 31.6 Å². The highest BCUT2D eigenvalue weighted by Crippen LogP contribution is 2.39. The molecule has 2 fully saturated rings. The second-order valence-corrected chi connectivity index (χ2v) is 9.29. The van der Waals surface area contributed by atoms with Crippen LogP contribution in [0.3, 0.4) is 0 Å². The van der Waals surface area contributed by atoms with Gasteiger partial charge in [-0.15, -0.1) is 0 Å². The summed E-state index contributed by atoms with van der Waals surface area (Å²) in [5.74, 6) is 0.885. The molecule has 7 nitrogen and oxygen atoms in total. The van der Waals surface area contributed by atoms with Crippen LogP contribution in [0.4, 0.5) is 0 Å². The molecule has 0 saturated carbocycles. The van der Waals surface area contributed by atoms with Gasteiger partial charge in [-0.2, -0.15) is 0 Å². The Bertz CT molecular complexity index is 1090. The molecule has 33 heavy (non-hydrogen) atoms. The second kappa shape index (κ2) is 10.6. The summed E-state index contributed by atoms with van der Waals surface area (Å²) >= 11 is 1.52. The molecule has 0 N–H and O–H groups in total. The van der Waals surface area contributed by atoms with Crippen LogP contribution in [-0.2, 0) is 20.8 Å². The number of carbonyl (C=O) groups excluding carboxylic acids is 1. The molecule has 3 aromatic rings. The Morgan fingerprint density at radius 2 is 1.55 bits per heavy atom. The van der Waals surface area contributed by atoms with Gasteiger partial charge in [0.15, 0.2) is 0 Å². The number of hydrogen-bond acceptors (Lipinski definition) is 7. The Hall–Kier alpha value is -2.52. The predicted molar refractivity (Wildman–Crippen MR) is 128 cm³/mol. The van der Waals surface area contributed by atoms with Gasteiger partial charge in [0.2, 0.25) is 5.91 Å². The Labute approximate surface area is 198 Å². The highest BCUT2D eigenvalue weighted by Gasteiger charge is 2.29. The lowest BCUT2D eigenvalue weighted by atomic mass is 10.1. The number of benzene rings is 2. The standard InChI is InChI=1S/C25H28N4O3S/c30-25(29-12-16-32-17-13-29)23(19-6-2-1-3-7-19)33-24-20-8-4-5-9-21(20)26-22(27-24)18-28-10-14-31-15-11-28/h1-9,23H,10-18H2/t23-/m1/s1. The fourth-order valence-corrected chi connectivity index (χ4v) is 5.39. The first-order chi connectivity index (χ1) is 16.3. The van der Waals surface area contributed by atoms with E-state index in [2.05, 4.69) is 4.90 Å². The van der Waals surface area contributed by atoms with Gasteiger partial charge < -0.3 is 14.4 Å². The molecule has 172 valence electrons. The van der Waals surface area contributed by atoms with Gasteiger partial charge in [-0.3, -0.25) is 9.69 Å². The lowest BCUT2D eigenvalue weighted by molar-refractivity contribution is -0.134. The van der Waals surface area contributed by atoms with E-state index in [1.54, 1.807) is 0 Å². The van der Waals surface area contributed by atoms with Crippen molar-refractivity contribution in [3.63, 3.8) is 0 Å². The molecule has 2 aliphatic heterocycles. The summed E-state index contributed by atoms with van der Waals surface area (Å²) < 4.78 is 10.9. The average molecular weight is 465 g/mol. The lowest BCUT2D eigenvalue weighted by Crippen LogP contribution is -2.42. The molecule has 0 unspecified atom stereocenters. The quantitative estimate of drug-likeness (QED) is 0.410. The molecule has 5 rings (SSSR count). The van der Waals surface area contributed by atoms with Crippen molar-refractivity contribution in [3.05, 3.63) is 66.0 Å². The fraction of sp³-hybridized carbons (Fsp3) is 0.400. The number of ether oxygens (including phenoxy) is 2. The SMILES string of the molecule is O=C([C@H](Sc1nc(CN2CCOCC2)nc2ccccc12)c1ccccc1)N1CCOCC1. The van der Waals surface area contributed by atoms with Gasteiger partial charge >= 0.3 is 0 Å². The number of amides is 1. The van der Waals surface area contributed by atoms with E-state index in [1.807, 2.05) is 59.5 Å². The monoisotopic (exact) mass is 464 g/mol. The molecule has 2 saturated heterocycles. The van der Waals surface area contributed by atoms with Crippen molar-refractivity contribution >= 4 is 28.6 Å². The number of carbonyl (C=O) groups is 1. The maximum atomic E-state index is 13.6. The minimum absolute atomic E-state index is 0.104. The summed E-state index contributed by atoms with van der Waals surface area (Å²) in [4.78, 5) is 27.6. The number of thioether (sulfide) groups is 1. The molecular weight excluding hydrogens is 436 g/mol. The largest absolute Gasteiger partial charge is 0.379 e. The molecular formula is C25H28N4O3S. The van der Waals surface area contributed by atoms with Gasteiger partial charge in [0.05, 0.1) is 38.5 Å². The van der Waals surface area contributed by atoms with Gasteiger partial charge in [0.1, 0.15) is 16.1 Å². The third-order valence-corrected chi connectivity index (χ3v) is 7.21. The number of aromatic nitrogens is 2. The van der Waals surface area contributed by atoms with E-state index in [1.165, 1.54) is 11.8 Å². The van der Waals surface area contributed by atoms with E-state index in [0.29, 0.717) is 32.8 Å². The molecule has 0 aliphatic carbocycles. The molecule has 0 radical (unpaired) electrons. The number of para-hydroxylation sites is 1. The molecule has 2 aliphatic rings. The molecule has 1 amide bonds. The zero-order valence-corrected chi connectivity index (χ0v) is 19.4. The molecule has 1 aromatic heterocycles. The van der Waals surface area contributed by atoms with E-state index in [0.717, 1.165) is 53.6 Å². The van der Waals surface area contributed by atoms with Crippen molar-refractivity contribution in [1.29, 1.82) is 0 Å². The first-order valence-electron chi connectivity index (χ1n) is 11.4. The van der Waals surface area contributed by atoms with Crippen LogP contribution >= 0.6 is 11.8 Å². The van der Waals surface area contributed by atoms with E-state index < -0.39 is 0 Å². The van der Waals surface area contributed by atoms with Crippen LogP contribution in [0.25, 0.3) is 10.9 Å². The van der Waals surface area contributed by atoms with Crippen LogP contribution in [0.15, 0.2) is 59.6 Å². The number of morpholine rings is 2. The van der Waals surface area contributed by atoms with Crippen LogP contribution in [0, 0.1) is 0 Å². The number of hydrogen-bond donors (Lipinski definition) is 0. The Kier molecular flexibility index (Phi) is 7.16. The first kappa shape index (κ1) is 22.3. The van der Waals surface area contributed by atoms with Crippen LogP contribution < -0.4 is 0 Å². The number of rotatable bonds is 6. The molecule has 0 bridgehead atoms. The van der Waals surface area contributed by atoms with Crippen molar-refractivity contribution in [1.82, 2.24) is 19.8 Å². The van der Waals surface area contributed by atoms with Crippen molar-refractivity contribution < 1.29 is 14.3 Å². The zero-order valence-electron chi connectivity index (χ0n) is 18.6. The number of fused-ring (bicyclic) bond motifs is 1. The second-order valence-electron chi connectivity index (χ2n) is 8.20. The minimum atomic E-state index is -0.376. The van der Waals surface area contributed by atoms with E-state index in [4.69, 9.17) is 19.4 Å². The normalized spacial score (nSPS) is 18.4. The number of nitrogens with zero attached hydrogens (tertiary/aromatic N) is 4. The molecule has 8 heteroatoms. The maximum Gasteiger partial charge on any atom is 0.240 e. The summed E-state index contributed by atoms with van der Waals surface area (Å²) in [7, 11) is 0. The summed E-state index contributed by atoms with van der Waals surface area (Å²) in [6.07, 6.45) is 0. The average Bonchev–Trinajstić information content (AvgIpc) is 2.88. The van der Waals surface area contributed by atoms with Crippen molar-refractivity contribution in [3.8, 4) is 0 Å². The topological polar surface area (TPSA) is 67.8 Å². The predicted octanol–water partition coefficient (Wildman–Crippen LogP) is 3.15. The first-order valence-corrected chi connectivity index (χ1v) is 12.3. The Morgan fingerprint density at radius 3 is 2.30 bits per heavy atom. The smallest absolute Gasteiger partial charge is 0.240 e. The molecule has 0 spiro atoms. The summed E-state index contributed by atoms with van der Waals surface area (Å²) in [5, 5.41) is 1.45. The summed E-state index contributed by atoms with van der Waals surface area (Å²) in [6, 6.07) is 18.0. The minimum Gasteiger partial charge on any atom is -0.379 e. The van der Waals surface area contributed by atoms with E-state index >= 15 is 0 Å². The van der Waals surface area contributed by atoms with Gasteiger partial charge in [0.25, 0.3) is 0 Å². The summed E-state index contributed by atoms with van der Waals surface area (Å²) in [6.45, 7) is 6.30. The van der Waals surface area contributed by atoms with Crippen molar-refractivity contribution in [2.45, 2.75) is 16.8 Å². The van der Waals surface area contributed by atoms with Crippen LogP contribution in [-0.4, -0.2) is 78.3 Å². The van der Waals surface area contributed by atoms with Crippen LogP contribution in [0.5, 0.6) is 0 Å². The van der Waals surface area contributed by atoms with Gasteiger partial charge in [-0.05, 0) is 11.6 Å². The highest BCUT2D eigenvalue weighted by molar-refractivity contribution is 8.00. The fourth-order valence-electron chi connectivity index (χ4n) is 4.16. The lowest BCUT2D eigenvalue weighted by Gasteiger charge is -2.30. The molecule has 1 atom stereocenters. The van der Waals surface area contributed by atoms with E-state index in [9.17, 15) is 4.79 Å². The van der Waals surface area contributed by atoms with E-state index in [-0.39, 0.29) is 11.2 Å². The Balaban J connectivity index is 1.49. The van der Waals surface area contributed by atoms with Crippen molar-refractivity contribution in [2.75, 3.05) is 52.6 Å². The third kappa shape index (κ3) is 5.35. The van der Waals surface area contributed by atoms with Crippen LogP contribution in [0.1, 0.15) is 16.6 Å². The third-order valence-electron chi connectivity index (χ3n) is 5.96. The molecule has 2 aromatic carbocycles. The highest BCUT2D eigenvalue weighted by atomic mass is 32.2. The maximum absolute atomic E-state index is 13.6. The van der Waals surface area contributed by atoms with Crippen LogP contribution in [0.2, 0.25) is 0 Å². The van der Waals surface area contributed by atoms with Crippen molar-refractivity contribution in [2.24, 2.45) is 0 Å².